The van der Waals surface area contributed by atoms with Gasteiger partial charge in [-0.05, 0) is 43.1 Å². The first-order valence-electron chi connectivity index (χ1n) is 5.21. The second kappa shape index (κ2) is 5.51. The fourth-order valence-electron chi connectivity index (χ4n) is 1.21. The second-order valence-electron chi connectivity index (χ2n) is 3.96. The van der Waals surface area contributed by atoms with Crippen molar-refractivity contribution in [1.82, 2.24) is 9.78 Å². The van der Waals surface area contributed by atoms with E-state index in [1.54, 1.807) is 4.68 Å². The summed E-state index contributed by atoms with van der Waals surface area (Å²) in [4.78, 5) is 0. The van der Waals surface area contributed by atoms with Crippen molar-refractivity contribution < 1.29 is 0 Å². The van der Waals surface area contributed by atoms with Crippen LogP contribution in [-0.4, -0.2) is 18.8 Å². The van der Waals surface area contributed by atoms with Crippen LogP contribution in [0.2, 0.25) is 0 Å². The zero-order valence-corrected chi connectivity index (χ0v) is 13.5. The topological polar surface area (TPSA) is 41.6 Å². The Bertz CT molecular complexity index is 490. The molecule has 1 atom stereocenters. The summed E-state index contributed by atoms with van der Waals surface area (Å²) in [6.45, 7) is 7.75. The minimum Gasteiger partial charge on any atom is -0.219 e. The van der Waals surface area contributed by atoms with Gasteiger partial charge in [0.1, 0.15) is 4.75 Å². The van der Waals surface area contributed by atoms with Crippen molar-refractivity contribution in [2.24, 2.45) is 0 Å². The highest BCUT2D eigenvalue weighted by molar-refractivity contribution is 9.10. The van der Waals surface area contributed by atoms with E-state index in [0.717, 1.165) is 22.3 Å². The average Bonchev–Trinajstić information content (AvgIpc) is 2.57. The van der Waals surface area contributed by atoms with Crippen molar-refractivity contribution in [2.45, 2.75) is 38.9 Å². The summed E-state index contributed by atoms with van der Waals surface area (Å²) in [7, 11) is 0. The van der Waals surface area contributed by atoms with Crippen molar-refractivity contribution in [3.8, 4) is 6.07 Å². The highest BCUT2D eigenvalue weighted by atomic mass is 79.9. The van der Waals surface area contributed by atoms with E-state index in [-0.39, 0.29) is 0 Å². The lowest BCUT2D eigenvalue weighted by atomic mass is 10.1. The second-order valence-corrected chi connectivity index (χ2v) is 6.89. The number of nitrogens with zero attached hydrogens (tertiary/aromatic N) is 3. The number of aromatic nitrogens is 2. The van der Waals surface area contributed by atoms with Crippen LogP contribution < -0.4 is 0 Å². The van der Waals surface area contributed by atoms with Gasteiger partial charge < -0.3 is 0 Å². The molecule has 1 aromatic rings. The number of thioether (sulfide) groups is 1. The van der Waals surface area contributed by atoms with Crippen LogP contribution in [0.15, 0.2) is 4.47 Å². The minimum absolute atomic E-state index is 0.490. The smallest absolute Gasteiger partial charge is 0.163 e. The maximum absolute atomic E-state index is 9.14. The van der Waals surface area contributed by atoms with Crippen LogP contribution in [0.25, 0.3) is 0 Å². The molecule has 3 nitrogen and oxygen atoms in total. The molecule has 92 valence electrons. The molecule has 1 unspecified atom stereocenters. The number of thiocarbonyl (C=S) groups is 1. The zero-order valence-electron chi connectivity index (χ0n) is 10.2. The van der Waals surface area contributed by atoms with Gasteiger partial charge in [-0.15, -0.1) is 0 Å². The normalized spacial score (nSPS) is 14.1. The summed E-state index contributed by atoms with van der Waals surface area (Å²) in [5.41, 5.74) is 1.87. The lowest BCUT2D eigenvalue weighted by Crippen LogP contribution is -2.22. The van der Waals surface area contributed by atoms with E-state index in [1.165, 1.54) is 11.8 Å². The van der Waals surface area contributed by atoms with E-state index in [0.29, 0.717) is 4.32 Å². The van der Waals surface area contributed by atoms with Crippen LogP contribution in [0.1, 0.15) is 31.7 Å². The van der Waals surface area contributed by atoms with Gasteiger partial charge in [0.05, 0.1) is 21.9 Å². The van der Waals surface area contributed by atoms with E-state index in [4.69, 9.17) is 17.5 Å². The Hall–Kier alpha value is -0.380. The Kier molecular flexibility index (Phi) is 4.76. The Morgan fingerprint density at radius 1 is 1.65 bits per heavy atom. The SMILES string of the molecule is CCC(C)(C#N)SC(=S)n1nc(C)c(Br)c1C. The monoisotopic (exact) mass is 331 g/mol. The summed E-state index contributed by atoms with van der Waals surface area (Å²) < 4.78 is 2.80. The number of halogens is 1. The van der Waals surface area contributed by atoms with Gasteiger partial charge in [-0.3, -0.25) is 0 Å². The van der Waals surface area contributed by atoms with Crippen LogP contribution in [0.5, 0.6) is 0 Å². The quantitative estimate of drug-likeness (QED) is 0.772. The molecule has 1 heterocycles. The van der Waals surface area contributed by atoms with E-state index in [2.05, 4.69) is 27.1 Å². The lowest BCUT2D eigenvalue weighted by Gasteiger charge is -2.19. The van der Waals surface area contributed by atoms with Gasteiger partial charge in [0.15, 0.2) is 4.32 Å². The lowest BCUT2D eigenvalue weighted by molar-refractivity contribution is 0.771. The Balaban J connectivity index is 2.99. The molecule has 0 aromatic carbocycles. The predicted octanol–water partition coefficient (Wildman–Crippen LogP) is 3.82. The van der Waals surface area contributed by atoms with Gasteiger partial charge in [0.25, 0.3) is 0 Å². The van der Waals surface area contributed by atoms with Crippen LogP contribution in [-0.2, 0) is 0 Å². The molecule has 1 rings (SSSR count). The molecule has 0 aliphatic carbocycles. The summed E-state index contributed by atoms with van der Waals surface area (Å²) in [5.74, 6) is 0. The van der Waals surface area contributed by atoms with Crippen LogP contribution in [0.4, 0.5) is 0 Å². The van der Waals surface area contributed by atoms with Crippen molar-refractivity contribution >= 4 is 44.2 Å². The molecule has 1 aromatic heterocycles. The van der Waals surface area contributed by atoms with Gasteiger partial charge in [-0.25, -0.2) is 4.68 Å². The van der Waals surface area contributed by atoms with Gasteiger partial charge in [-0.2, -0.15) is 10.4 Å². The van der Waals surface area contributed by atoms with Crippen molar-refractivity contribution in [3.63, 3.8) is 0 Å². The Morgan fingerprint density at radius 2 is 2.24 bits per heavy atom. The van der Waals surface area contributed by atoms with Crippen molar-refractivity contribution in [1.29, 1.82) is 5.26 Å². The predicted molar refractivity (Wildman–Crippen MR) is 79.3 cm³/mol. The number of hydrogen-bond acceptors (Lipinski definition) is 4. The molecular formula is C11H14BrN3S2. The molecular weight excluding hydrogens is 318 g/mol. The third kappa shape index (κ3) is 3.09. The third-order valence-corrected chi connectivity index (χ3v) is 5.35. The highest BCUT2D eigenvalue weighted by Crippen LogP contribution is 2.31. The number of hydrogen-bond donors (Lipinski definition) is 0. The number of rotatable bonds is 2. The molecule has 0 N–H and O–H groups in total. The van der Waals surface area contributed by atoms with E-state index in [9.17, 15) is 0 Å². The first-order valence-corrected chi connectivity index (χ1v) is 7.22. The molecule has 0 bridgehead atoms. The van der Waals surface area contributed by atoms with Gasteiger partial charge >= 0.3 is 0 Å². The van der Waals surface area contributed by atoms with Gasteiger partial charge in [0, 0.05) is 0 Å². The van der Waals surface area contributed by atoms with Crippen LogP contribution >= 0.6 is 39.9 Å². The summed E-state index contributed by atoms with van der Waals surface area (Å²) in [6.07, 6.45) is 0.745. The first kappa shape index (κ1) is 14.7. The fraction of sp³-hybridized carbons (Fsp3) is 0.545. The first-order chi connectivity index (χ1) is 7.84. The number of nitriles is 1. The van der Waals surface area contributed by atoms with Crippen LogP contribution in [0.3, 0.4) is 0 Å². The Morgan fingerprint density at radius 3 is 2.59 bits per heavy atom. The molecule has 0 fully saturated rings. The maximum atomic E-state index is 9.14. The summed E-state index contributed by atoms with van der Waals surface area (Å²) in [6, 6.07) is 2.29. The molecule has 17 heavy (non-hydrogen) atoms. The molecule has 0 amide bonds. The number of aryl methyl sites for hydroxylation is 1. The van der Waals surface area contributed by atoms with E-state index < -0.39 is 4.75 Å². The summed E-state index contributed by atoms with van der Waals surface area (Å²) >= 11 is 10.2. The van der Waals surface area contributed by atoms with Crippen LogP contribution in [0, 0.1) is 25.2 Å². The highest BCUT2D eigenvalue weighted by Gasteiger charge is 2.26. The minimum atomic E-state index is -0.490. The molecule has 0 radical (unpaired) electrons. The van der Waals surface area contributed by atoms with Gasteiger partial charge in [0.2, 0.25) is 0 Å². The third-order valence-electron chi connectivity index (χ3n) is 2.60. The van der Waals surface area contributed by atoms with E-state index in [1.807, 2.05) is 27.7 Å². The standard InChI is InChI=1S/C11H14BrN3S2/c1-5-11(4,6-13)17-10(16)15-8(3)9(12)7(2)14-15/h5H2,1-4H3. The molecule has 0 aliphatic rings. The van der Waals surface area contributed by atoms with Crippen molar-refractivity contribution in [2.75, 3.05) is 0 Å². The molecule has 6 heteroatoms. The molecule has 0 spiro atoms. The maximum Gasteiger partial charge on any atom is 0.163 e. The fourth-order valence-corrected chi connectivity index (χ4v) is 3.03. The van der Waals surface area contributed by atoms with E-state index >= 15 is 0 Å². The molecule has 0 aliphatic heterocycles. The zero-order chi connectivity index (χ0) is 13.2. The summed E-state index contributed by atoms with van der Waals surface area (Å²) in [5, 5.41) is 13.5. The van der Waals surface area contributed by atoms with Crippen molar-refractivity contribution in [3.05, 3.63) is 15.9 Å². The molecule has 0 saturated heterocycles. The Labute approximate surface area is 120 Å². The largest absolute Gasteiger partial charge is 0.219 e. The average molecular weight is 332 g/mol. The molecule has 0 saturated carbocycles. The van der Waals surface area contributed by atoms with Gasteiger partial charge in [-0.1, -0.05) is 30.9 Å².